The Morgan fingerprint density at radius 3 is 2.91 bits per heavy atom. The lowest BCUT2D eigenvalue weighted by molar-refractivity contribution is 1.35. The zero-order chi connectivity index (χ0) is 7.68. The molecule has 1 aromatic carbocycles. The van der Waals surface area contributed by atoms with Crippen molar-refractivity contribution in [2.75, 3.05) is 6.26 Å². The quantitative estimate of drug-likeness (QED) is 0.561. The molecule has 1 aromatic rings. The van der Waals surface area contributed by atoms with Crippen LogP contribution in [0.5, 0.6) is 0 Å². The van der Waals surface area contributed by atoms with Gasteiger partial charge in [0.1, 0.15) is 6.34 Å². The third kappa shape index (κ3) is 1.12. The summed E-state index contributed by atoms with van der Waals surface area (Å²) in [5.41, 5.74) is 1.06. The Labute approximate surface area is 68.1 Å². The molecule has 1 aliphatic rings. The molecule has 0 bridgehead atoms. The molecule has 0 radical (unpaired) electrons. The van der Waals surface area contributed by atoms with E-state index in [4.69, 9.17) is 0 Å². The van der Waals surface area contributed by atoms with Gasteiger partial charge in [0.25, 0.3) is 0 Å². The number of para-hydroxylation sites is 1. The van der Waals surface area contributed by atoms with Crippen molar-refractivity contribution >= 4 is 22.7 Å². The van der Waals surface area contributed by atoms with Gasteiger partial charge in [0, 0.05) is 4.90 Å². The van der Waals surface area contributed by atoms with Gasteiger partial charge in [-0.05, 0) is 18.4 Å². The molecule has 1 unspecified atom stereocenters. The minimum Gasteiger partial charge on any atom is -0.235 e. The summed E-state index contributed by atoms with van der Waals surface area (Å²) in [6, 6.07) is 8.12. The predicted octanol–water partition coefficient (Wildman–Crippen LogP) is 2.15. The van der Waals surface area contributed by atoms with Crippen LogP contribution in [0.15, 0.2) is 38.5 Å². The van der Waals surface area contributed by atoms with Crippen LogP contribution in [0.4, 0.5) is 5.69 Å². The lowest BCUT2D eigenvalue weighted by Gasteiger charge is -2.07. The van der Waals surface area contributed by atoms with Gasteiger partial charge in [0.05, 0.1) is 5.69 Å². The SMILES string of the molecule is CS1=NC=Nc2ccccc21. The average molecular weight is 164 g/mol. The van der Waals surface area contributed by atoms with Crippen LogP contribution >= 0.6 is 0 Å². The number of hydrogen-bond acceptors (Lipinski definition) is 2. The monoisotopic (exact) mass is 164 g/mol. The van der Waals surface area contributed by atoms with Gasteiger partial charge < -0.3 is 0 Å². The van der Waals surface area contributed by atoms with Crippen molar-refractivity contribution in [3.63, 3.8) is 0 Å². The molecule has 0 saturated heterocycles. The first-order chi connectivity index (χ1) is 5.38. The second-order valence-electron chi connectivity index (χ2n) is 2.30. The van der Waals surface area contributed by atoms with E-state index in [1.165, 1.54) is 4.90 Å². The number of nitrogens with zero attached hydrogens (tertiary/aromatic N) is 2. The molecule has 3 heteroatoms. The van der Waals surface area contributed by atoms with Gasteiger partial charge >= 0.3 is 0 Å². The van der Waals surface area contributed by atoms with Crippen LogP contribution in [-0.2, 0) is 10.7 Å². The molecule has 1 heterocycles. The fraction of sp³-hybridized carbons (Fsp3) is 0.125. The van der Waals surface area contributed by atoms with Gasteiger partial charge in [0.15, 0.2) is 0 Å². The molecule has 0 spiro atoms. The lowest BCUT2D eigenvalue weighted by Crippen LogP contribution is -1.92. The summed E-state index contributed by atoms with van der Waals surface area (Å²) < 4.78 is 4.21. The fourth-order valence-corrected chi connectivity index (χ4v) is 2.03. The van der Waals surface area contributed by atoms with Crippen LogP contribution in [0.1, 0.15) is 0 Å². The van der Waals surface area contributed by atoms with Crippen molar-refractivity contribution in [2.45, 2.75) is 4.90 Å². The molecule has 1 atom stereocenters. The molecular weight excluding hydrogens is 156 g/mol. The smallest absolute Gasteiger partial charge is 0.123 e. The molecule has 11 heavy (non-hydrogen) atoms. The second kappa shape index (κ2) is 2.58. The zero-order valence-corrected chi connectivity index (χ0v) is 7.01. The standard InChI is InChI=1S/C8H8N2S/c1-11-8-5-3-2-4-7(8)9-6-10-11/h2-6H,1H3. The van der Waals surface area contributed by atoms with E-state index in [1.54, 1.807) is 6.34 Å². The maximum Gasteiger partial charge on any atom is 0.123 e. The van der Waals surface area contributed by atoms with Gasteiger partial charge in [-0.3, -0.25) is 0 Å². The Balaban J connectivity index is 2.67. The summed E-state index contributed by atoms with van der Waals surface area (Å²) in [5, 5.41) is 0. The topological polar surface area (TPSA) is 24.7 Å². The van der Waals surface area contributed by atoms with Crippen LogP contribution in [-0.4, -0.2) is 12.6 Å². The van der Waals surface area contributed by atoms with E-state index >= 15 is 0 Å². The maximum absolute atomic E-state index is 4.21. The van der Waals surface area contributed by atoms with E-state index < -0.39 is 0 Å². The molecule has 0 aliphatic carbocycles. The number of rotatable bonds is 0. The highest BCUT2D eigenvalue weighted by molar-refractivity contribution is 7.87. The summed E-state index contributed by atoms with van der Waals surface area (Å²) in [6.07, 6.45) is 3.75. The van der Waals surface area contributed by atoms with Crippen LogP contribution in [0.25, 0.3) is 0 Å². The summed E-state index contributed by atoms with van der Waals surface area (Å²) in [7, 11) is 0.0106. The first-order valence-corrected chi connectivity index (χ1v) is 4.95. The fourth-order valence-electron chi connectivity index (χ4n) is 1.03. The normalized spacial score (nSPS) is 20.6. The molecular formula is C8H8N2S. The highest BCUT2D eigenvalue weighted by Crippen LogP contribution is 2.24. The zero-order valence-electron chi connectivity index (χ0n) is 6.19. The minimum atomic E-state index is 0.0106. The maximum atomic E-state index is 4.21. The largest absolute Gasteiger partial charge is 0.235 e. The van der Waals surface area contributed by atoms with Gasteiger partial charge in [0.2, 0.25) is 0 Å². The van der Waals surface area contributed by atoms with Gasteiger partial charge in [-0.25, -0.2) is 9.36 Å². The van der Waals surface area contributed by atoms with Crippen molar-refractivity contribution in [3.05, 3.63) is 24.3 Å². The first-order valence-electron chi connectivity index (χ1n) is 3.36. The molecule has 0 amide bonds. The lowest BCUT2D eigenvalue weighted by atomic mass is 10.3. The van der Waals surface area contributed by atoms with Crippen molar-refractivity contribution < 1.29 is 0 Å². The van der Waals surface area contributed by atoms with Crippen molar-refractivity contribution in [2.24, 2.45) is 9.36 Å². The molecule has 2 rings (SSSR count). The summed E-state index contributed by atoms with van der Waals surface area (Å²) in [4.78, 5) is 5.40. The molecule has 0 N–H and O–H groups in total. The molecule has 0 fully saturated rings. The minimum absolute atomic E-state index is 0.0106. The van der Waals surface area contributed by atoms with Gasteiger partial charge in [-0.1, -0.05) is 22.8 Å². The van der Waals surface area contributed by atoms with Crippen molar-refractivity contribution in [1.29, 1.82) is 0 Å². The Kier molecular flexibility index (Phi) is 1.58. The van der Waals surface area contributed by atoms with E-state index in [0.29, 0.717) is 0 Å². The molecule has 56 valence electrons. The van der Waals surface area contributed by atoms with E-state index in [-0.39, 0.29) is 10.7 Å². The first kappa shape index (κ1) is 6.73. The number of fused-ring (bicyclic) bond motifs is 1. The highest BCUT2D eigenvalue weighted by atomic mass is 32.2. The third-order valence-corrected chi connectivity index (χ3v) is 2.98. The average Bonchev–Trinajstić information content (AvgIpc) is 2.06. The van der Waals surface area contributed by atoms with Gasteiger partial charge in [-0.15, -0.1) is 0 Å². The van der Waals surface area contributed by atoms with E-state index in [9.17, 15) is 0 Å². The van der Waals surface area contributed by atoms with E-state index in [2.05, 4.69) is 21.7 Å². The third-order valence-electron chi connectivity index (χ3n) is 1.59. The Hall–Kier alpha value is -0.960. The summed E-state index contributed by atoms with van der Waals surface area (Å²) in [5.74, 6) is 0. The molecule has 2 nitrogen and oxygen atoms in total. The van der Waals surface area contributed by atoms with Crippen LogP contribution in [0.3, 0.4) is 0 Å². The molecule has 0 aromatic heterocycles. The van der Waals surface area contributed by atoms with Gasteiger partial charge in [-0.2, -0.15) is 0 Å². The van der Waals surface area contributed by atoms with Crippen LogP contribution in [0.2, 0.25) is 0 Å². The number of aliphatic imine (C=N–C) groups is 1. The molecule has 1 aliphatic heterocycles. The van der Waals surface area contributed by atoms with Crippen LogP contribution in [0, 0.1) is 0 Å². The summed E-state index contributed by atoms with van der Waals surface area (Å²) >= 11 is 0. The number of hydrogen-bond donors (Lipinski definition) is 0. The predicted molar refractivity (Wildman–Crippen MR) is 48.6 cm³/mol. The molecule has 0 saturated carbocycles. The summed E-state index contributed by atoms with van der Waals surface area (Å²) in [6.45, 7) is 0. The number of benzene rings is 1. The highest BCUT2D eigenvalue weighted by Gasteiger charge is 2.03. The Morgan fingerprint density at radius 2 is 2.09 bits per heavy atom. The van der Waals surface area contributed by atoms with E-state index in [1.807, 2.05) is 18.2 Å². The van der Waals surface area contributed by atoms with Crippen LogP contribution < -0.4 is 0 Å². The Morgan fingerprint density at radius 1 is 1.27 bits per heavy atom. The van der Waals surface area contributed by atoms with E-state index in [0.717, 1.165) is 5.69 Å². The van der Waals surface area contributed by atoms with Crippen molar-refractivity contribution in [1.82, 2.24) is 0 Å². The van der Waals surface area contributed by atoms with Crippen molar-refractivity contribution in [3.8, 4) is 0 Å². The Bertz CT molecular complexity index is 342. The second-order valence-corrected chi connectivity index (χ2v) is 3.90.